The van der Waals surface area contributed by atoms with E-state index in [1.54, 1.807) is 0 Å². The second-order valence-corrected chi connectivity index (χ2v) is 0. The number of hydrogen-bond donors (Lipinski definition) is 0. The van der Waals surface area contributed by atoms with Gasteiger partial charge >= 0.3 is 0 Å². The van der Waals surface area contributed by atoms with Crippen LogP contribution in [-0.4, -0.2) is 0 Å². The predicted molar refractivity (Wildman–Crippen MR) is 0 cm³/mol. The predicted octanol–water partition coefficient (Wildman–Crippen LogP) is -0.0350. The molecule has 0 aliphatic carbocycles. The standard InChI is InChI=1S/14Co. The van der Waals surface area contributed by atoms with Gasteiger partial charge in [-0.15, -0.1) is 0 Å². The van der Waals surface area contributed by atoms with Crippen molar-refractivity contribution in [2.24, 2.45) is 0 Å². The molecule has 14 radical (unpaired) electrons. The van der Waals surface area contributed by atoms with Crippen molar-refractivity contribution in [1.82, 2.24) is 0 Å². The Morgan fingerprint density at radius 1 is 0.0714 bits per heavy atom. The minimum absolute atomic E-state index is 0. The Bertz CT molecular complexity index is 0. The molecule has 126 valence electrons. The van der Waals surface area contributed by atoms with E-state index in [2.05, 4.69) is 0 Å². The van der Waals surface area contributed by atoms with Crippen LogP contribution in [-0.2, 0) is 235 Å². The van der Waals surface area contributed by atoms with Crippen LogP contribution in [0.4, 0.5) is 0 Å². The summed E-state index contributed by atoms with van der Waals surface area (Å²) in [6.45, 7) is 0. The molecule has 0 spiro atoms. The molecule has 0 unspecified atom stereocenters. The number of rotatable bonds is 0. The van der Waals surface area contributed by atoms with Crippen LogP contribution >= 0.6 is 0 Å². The molecule has 0 aliphatic heterocycles. The van der Waals surface area contributed by atoms with Crippen molar-refractivity contribution in [1.29, 1.82) is 0 Å². The number of hydrogen-bond acceptors (Lipinski definition) is 0. The summed E-state index contributed by atoms with van der Waals surface area (Å²) >= 11 is 0. The molecule has 0 atom stereocenters. The Morgan fingerprint density at radius 3 is 0.0714 bits per heavy atom. The molecule has 0 bridgehead atoms. The normalized spacial score (nSPS) is 0. The molecular weight excluding hydrogens is 825 g/mol. The van der Waals surface area contributed by atoms with E-state index in [-0.39, 0.29) is 235 Å². The average Bonchev–Trinajstić information content (AvgIpc) is 0. The van der Waals surface area contributed by atoms with Crippen molar-refractivity contribution >= 4 is 0 Å². The first-order valence-electron chi connectivity index (χ1n) is 0. The van der Waals surface area contributed by atoms with Crippen molar-refractivity contribution in [2.45, 2.75) is 0 Å². The van der Waals surface area contributed by atoms with Crippen LogP contribution in [0.5, 0.6) is 0 Å². The quantitative estimate of drug-likeness (QED) is 0.323. The zero-order chi connectivity index (χ0) is 0. The first-order valence-corrected chi connectivity index (χ1v) is 0. The first-order chi connectivity index (χ1) is 0. The molecule has 0 N–H and O–H groups in total. The van der Waals surface area contributed by atoms with Gasteiger partial charge in [0.2, 0.25) is 0 Å². The van der Waals surface area contributed by atoms with Crippen LogP contribution in [0.3, 0.4) is 0 Å². The molecule has 0 aromatic carbocycles. The van der Waals surface area contributed by atoms with E-state index in [0.29, 0.717) is 0 Å². The van der Waals surface area contributed by atoms with Gasteiger partial charge in [-0.3, -0.25) is 0 Å². The second-order valence-electron chi connectivity index (χ2n) is 0. The summed E-state index contributed by atoms with van der Waals surface area (Å²) in [7, 11) is 0. The van der Waals surface area contributed by atoms with Gasteiger partial charge in [-0.2, -0.15) is 0 Å². The fraction of sp³-hybridized carbons (Fsp3) is 0. The van der Waals surface area contributed by atoms with Crippen LogP contribution in [0.2, 0.25) is 0 Å². The summed E-state index contributed by atoms with van der Waals surface area (Å²) in [6.07, 6.45) is 0. The third kappa shape index (κ3) is 124. The minimum atomic E-state index is 0. The van der Waals surface area contributed by atoms with Gasteiger partial charge in [0.05, 0.1) is 0 Å². The monoisotopic (exact) mass is 825 g/mol. The average molecular weight is 825 g/mol. The summed E-state index contributed by atoms with van der Waals surface area (Å²) < 4.78 is 0. The molecule has 0 aromatic rings. The summed E-state index contributed by atoms with van der Waals surface area (Å²) in [4.78, 5) is 0. The molecule has 14 heavy (non-hydrogen) atoms. The molecule has 0 rings (SSSR count). The van der Waals surface area contributed by atoms with E-state index in [1.165, 1.54) is 0 Å². The Balaban J connectivity index is 0. The zero-order valence-corrected chi connectivity index (χ0v) is 19.2. The molecule has 0 aromatic heterocycles. The third-order valence-electron chi connectivity index (χ3n) is 0. The molecule has 14 heteroatoms. The van der Waals surface area contributed by atoms with E-state index in [4.69, 9.17) is 0 Å². The summed E-state index contributed by atoms with van der Waals surface area (Å²) in [6, 6.07) is 0. The molecule has 0 saturated carbocycles. The Kier molecular flexibility index (Phi) is 1760. The van der Waals surface area contributed by atoms with Gasteiger partial charge in [-0.05, 0) is 0 Å². The van der Waals surface area contributed by atoms with Crippen LogP contribution < -0.4 is 0 Å². The molecule has 0 saturated heterocycles. The van der Waals surface area contributed by atoms with Crippen LogP contribution in [0.25, 0.3) is 0 Å². The van der Waals surface area contributed by atoms with Crippen molar-refractivity contribution in [2.75, 3.05) is 0 Å². The fourth-order valence-electron chi connectivity index (χ4n) is 0. The van der Waals surface area contributed by atoms with Crippen molar-refractivity contribution in [3.63, 3.8) is 0 Å². The fourth-order valence-corrected chi connectivity index (χ4v) is 0. The summed E-state index contributed by atoms with van der Waals surface area (Å²) in [5.74, 6) is 0. The smallest absolute Gasteiger partial charge is 0 e. The van der Waals surface area contributed by atoms with Gasteiger partial charge in [0, 0.05) is 235 Å². The molecule has 0 nitrogen and oxygen atoms in total. The maximum atomic E-state index is 0. The zero-order valence-electron chi connectivity index (χ0n) is 4.67. The second kappa shape index (κ2) is 146. The third-order valence-corrected chi connectivity index (χ3v) is 0. The topological polar surface area (TPSA) is 0 Å². The van der Waals surface area contributed by atoms with Gasteiger partial charge < -0.3 is 0 Å². The maximum Gasteiger partial charge on any atom is 0 e. The minimum Gasteiger partial charge on any atom is 0 e. The van der Waals surface area contributed by atoms with Gasteiger partial charge in [-0.1, -0.05) is 0 Å². The maximum absolute atomic E-state index is 0. The van der Waals surface area contributed by atoms with E-state index in [0.717, 1.165) is 0 Å². The first kappa shape index (κ1) is 169. The molecule has 0 aliphatic rings. The molecule has 0 heterocycles. The van der Waals surface area contributed by atoms with Crippen LogP contribution in [0.15, 0.2) is 0 Å². The van der Waals surface area contributed by atoms with Crippen molar-refractivity contribution in [3.8, 4) is 0 Å². The van der Waals surface area contributed by atoms with Crippen LogP contribution in [0.1, 0.15) is 0 Å². The van der Waals surface area contributed by atoms with Gasteiger partial charge in [0.25, 0.3) is 0 Å². The molecule has 0 amide bonds. The van der Waals surface area contributed by atoms with E-state index in [1.807, 2.05) is 0 Å². The summed E-state index contributed by atoms with van der Waals surface area (Å²) in [5, 5.41) is 0. The van der Waals surface area contributed by atoms with E-state index < -0.39 is 0 Å². The van der Waals surface area contributed by atoms with Gasteiger partial charge in [0.1, 0.15) is 0 Å². The van der Waals surface area contributed by atoms with E-state index >= 15 is 0 Å². The Hall–Kier alpha value is 7.09. The largest absolute Gasteiger partial charge is 0 e. The van der Waals surface area contributed by atoms with Crippen LogP contribution in [0, 0.1) is 0 Å². The Morgan fingerprint density at radius 2 is 0.0714 bits per heavy atom. The van der Waals surface area contributed by atoms with Gasteiger partial charge in [-0.25, -0.2) is 0 Å². The SMILES string of the molecule is [Co].[Co].[Co].[Co].[Co].[Co].[Co].[Co].[Co].[Co].[Co].[Co].[Co].[Co]. The van der Waals surface area contributed by atoms with Crippen molar-refractivity contribution in [3.05, 3.63) is 0 Å². The van der Waals surface area contributed by atoms with E-state index in [9.17, 15) is 0 Å². The molecular formula is Co14. The molecule has 0 fully saturated rings. The summed E-state index contributed by atoms with van der Waals surface area (Å²) in [5.41, 5.74) is 0. The Labute approximate surface area is 230 Å². The van der Waals surface area contributed by atoms with Gasteiger partial charge in [0.15, 0.2) is 0 Å². The van der Waals surface area contributed by atoms with Crippen molar-refractivity contribution < 1.29 is 235 Å².